The van der Waals surface area contributed by atoms with Crippen molar-refractivity contribution in [1.29, 1.82) is 0 Å². The minimum Gasteiger partial charge on any atom is -0.397 e. The van der Waals surface area contributed by atoms with Crippen molar-refractivity contribution in [2.75, 3.05) is 12.3 Å². The predicted octanol–water partition coefficient (Wildman–Crippen LogP) is 0.699. The van der Waals surface area contributed by atoms with E-state index in [2.05, 4.69) is 10.3 Å². The number of hydrogen-bond donors (Lipinski definition) is 3. The largest absolute Gasteiger partial charge is 0.397 e. The number of carbonyl (C=O) groups excluding carboxylic acids is 1. The van der Waals surface area contributed by atoms with Gasteiger partial charge in [-0.25, -0.2) is 4.98 Å². The van der Waals surface area contributed by atoms with E-state index in [-0.39, 0.29) is 18.1 Å². The topological polar surface area (TPSA) is 88.2 Å². The lowest BCUT2D eigenvalue weighted by molar-refractivity contribution is 0.0449. The van der Waals surface area contributed by atoms with Crippen LogP contribution >= 0.6 is 0 Å². The maximum Gasteiger partial charge on any atom is 0.272 e. The number of anilines is 1. The van der Waals surface area contributed by atoms with E-state index in [4.69, 9.17) is 5.73 Å². The number of pyridine rings is 1. The quantitative estimate of drug-likeness (QED) is 0.719. The van der Waals surface area contributed by atoms with Gasteiger partial charge in [0.1, 0.15) is 0 Å². The molecule has 5 nitrogen and oxygen atoms in total. The zero-order valence-corrected chi connectivity index (χ0v) is 9.65. The summed E-state index contributed by atoms with van der Waals surface area (Å²) in [5, 5.41) is 12.8. The molecule has 0 atom stereocenters. The molecule has 92 valence electrons. The Hall–Kier alpha value is -1.62. The van der Waals surface area contributed by atoms with Crippen molar-refractivity contribution >= 4 is 11.6 Å². The van der Waals surface area contributed by atoms with Gasteiger partial charge < -0.3 is 16.2 Å². The summed E-state index contributed by atoms with van der Waals surface area (Å²) in [7, 11) is 0. The van der Waals surface area contributed by atoms with Crippen molar-refractivity contribution < 1.29 is 9.90 Å². The van der Waals surface area contributed by atoms with Crippen molar-refractivity contribution in [3.63, 3.8) is 0 Å². The van der Waals surface area contributed by atoms with Gasteiger partial charge in [-0.15, -0.1) is 0 Å². The molecule has 0 spiro atoms. The first-order valence-corrected chi connectivity index (χ1v) is 5.82. The van der Waals surface area contributed by atoms with Gasteiger partial charge in [0.2, 0.25) is 0 Å². The van der Waals surface area contributed by atoms with Crippen molar-refractivity contribution in [1.82, 2.24) is 10.3 Å². The molecule has 1 saturated carbocycles. The van der Waals surface area contributed by atoms with Crippen LogP contribution in [0.3, 0.4) is 0 Å². The van der Waals surface area contributed by atoms with E-state index in [1.165, 1.54) is 6.20 Å². The lowest BCUT2D eigenvalue weighted by Crippen LogP contribution is -2.41. The van der Waals surface area contributed by atoms with E-state index in [1.54, 1.807) is 12.1 Å². The predicted molar refractivity (Wildman–Crippen MR) is 64.4 cm³/mol. The average Bonchev–Trinajstić information content (AvgIpc) is 2.74. The smallest absolute Gasteiger partial charge is 0.272 e. The van der Waals surface area contributed by atoms with E-state index in [1.807, 2.05) is 0 Å². The number of rotatable bonds is 3. The average molecular weight is 235 g/mol. The summed E-state index contributed by atoms with van der Waals surface area (Å²) in [4.78, 5) is 15.7. The van der Waals surface area contributed by atoms with Crippen LogP contribution in [0.15, 0.2) is 18.3 Å². The first-order valence-electron chi connectivity index (χ1n) is 5.82. The summed E-state index contributed by atoms with van der Waals surface area (Å²) in [6, 6.07) is 3.31. The highest BCUT2D eigenvalue weighted by Gasteiger charge is 2.31. The molecule has 1 aromatic heterocycles. The Morgan fingerprint density at radius 1 is 1.53 bits per heavy atom. The SMILES string of the molecule is Nc1cccnc1C(=O)NCC1(O)CCCC1. The molecule has 0 aromatic carbocycles. The van der Waals surface area contributed by atoms with Crippen LogP contribution in [-0.4, -0.2) is 28.1 Å². The van der Waals surface area contributed by atoms with Crippen LogP contribution in [-0.2, 0) is 0 Å². The first kappa shape index (κ1) is 11.9. The van der Waals surface area contributed by atoms with E-state index in [0.717, 1.165) is 25.7 Å². The van der Waals surface area contributed by atoms with Crippen LogP contribution in [0.1, 0.15) is 36.2 Å². The monoisotopic (exact) mass is 235 g/mol. The third-order valence-electron chi connectivity index (χ3n) is 3.17. The molecule has 0 unspecified atom stereocenters. The molecular weight excluding hydrogens is 218 g/mol. The van der Waals surface area contributed by atoms with Gasteiger partial charge in [0.15, 0.2) is 5.69 Å². The molecule has 5 heteroatoms. The Kier molecular flexibility index (Phi) is 3.28. The third-order valence-corrected chi connectivity index (χ3v) is 3.17. The van der Waals surface area contributed by atoms with Gasteiger partial charge in [-0.3, -0.25) is 4.79 Å². The maximum atomic E-state index is 11.8. The number of hydrogen-bond acceptors (Lipinski definition) is 4. The molecular formula is C12H17N3O2. The molecule has 2 rings (SSSR count). The van der Waals surface area contributed by atoms with E-state index >= 15 is 0 Å². The molecule has 4 N–H and O–H groups in total. The minimum atomic E-state index is -0.751. The number of carbonyl (C=O) groups is 1. The molecule has 0 aliphatic heterocycles. The van der Waals surface area contributed by atoms with Gasteiger partial charge in [0, 0.05) is 12.7 Å². The molecule has 1 fully saturated rings. The Labute approximate surface area is 100 Å². The van der Waals surface area contributed by atoms with Crippen LogP contribution in [0.4, 0.5) is 5.69 Å². The molecule has 1 aliphatic carbocycles. The lowest BCUT2D eigenvalue weighted by atomic mass is 10.0. The summed E-state index contributed by atoms with van der Waals surface area (Å²) in [5.74, 6) is -0.330. The number of nitrogens with zero attached hydrogens (tertiary/aromatic N) is 1. The second-order valence-electron chi connectivity index (χ2n) is 4.56. The number of aliphatic hydroxyl groups is 1. The van der Waals surface area contributed by atoms with Crippen LogP contribution in [0.2, 0.25) is 0 Å². The number of amides is 1. The number of nitrogens with two attached hydrogens (primary N) is 1. The summed E-state index contributed by atoms with van der Waals surface area (Å²) in [5.41, 5.74) is 5.47. The number of nitrogens with one attached hydrogen (secondary N) is 1. The fraction of sp³-hybridized carbons (Fsp3) is 0.500. The standard InChI is InChI=1S/C12H17N3O2/c13-9-4-3-7-14-10(9)11(16)15-8-12(17)5-1-2-6-12/h3-4,7,17H,1-2,5-6,8,13H2,(H,15,16). The molecule has 17 heavy (non-hydrogen) atoms. The fourth-order valence-electron chi connectivity index (χ4n) is 2.15. The maximum absolute atomic E-state index is 11.8. The summed E-state index contributed by atoms with van der Waals surface area (Å²) < 4.78 is 0. The van der Waals surface area contributed by atoms with Crippen molar-refractivity contribution in [3.05, 3.63) is 24.0 Å². The highest BCUT2D eigenvalue weighted by Crippen LogP contribution is 2.28. The van der Waals surface area contributed by atoms with Crippen molar-refractivity contribution in [2.24, 2.45) is 0 Å². The van der Waals surface area contributed by atoms with Gasteiger partial charge >= 0.3 is 0 Å². The second-order valence-corrected chi connectivity index (χ2v) is 4.56. The normalized spacial score (nSPS) is 17.9. The Morgan fingerprint density at radius 3 is 2.88 bits per heavy atom. The van der Waals surface area contributed by atoms with Crippen LogP contribution in [0.5, 0.6) is 0 Å². The second kappa shape index (κ2) is 4.71. The zero-order valence-electron chi connectivity index (χ0n) is 9.65. The molecule has 1 aliphatic rings. The van der Waals surface area contributed by atoms with Crippen LogP contribution in [0, 0.1) is 0 Å². The Balaban J connectivity index is 1.96. The van der Waals surface area contributed by atoms with E-state index < -0.39 is 5.60 Å². The summed E-state index contributed by atoms with van der Waals surface area (Å²) in [6.07, 6.45) is 5.03. The van der Waals surface area contributed by atoms with Gasteiger partial charge in [0.05, 0.1) is 11.3 Å². The molecule has 0 radical (unpaired) electrons. The Bertz CT molecular complexity index is 414. The molecule has 1 heterocycles. The van der Waals surface area contributed by atoms with Crippen LogP contribution in [0.25, 0.3) is 0 Å². The Morgan fingerprint density at radius 2 is 2.24 bits per heavy atom. The summed E-state index contributed by atoms with van der Waals surface area (Å²) >= 11 is 0. The minimum absolute atomic E-state index is 0.217. The fourth-order valence-corrected chi connectivity index (χ4v) is 2.15. The van der Waals surface area contributed by atoms with Gasteiger partial charge in [0.25, 0.3) is 5.91 Å². The number of nitrogen functional groups attached to an aromatic ring is 1. The van der Waals surface area contributed by atoms with E-state index in [9.17, 15) is 9.90 Å². The van der Waals surface area contributed by atoms with Crippen molar-refractivity contribution in [3.8, 4) is 0 Å². The highest BCUT2D eigenvalue weighted by molar-refractivity contribution is 5.97. The molecule has 0 saturated heterocycles. The first-order chi connectivity index (χ1) is 8.11. The third kappa shape index (κ3) is 2.74. The summed E-state index contributed by atoms with van der Waals surface area (Å²) in [6.45, 7) is 0.266. The van der Waals surface area contributed by atoms with Gasteiger partial charge in [-0.1, -0.05) is 12.8 Å². The number of aromatic nitrogens is 1. The van der Waals surface area contributed by atoms with Gasteiger partial charge in [-0.2, -0.15) is 0 Å². The molecule has 1 amide bonds. The zero-order chi connectivity index (χ0) is 12.3. The van der Waals surface area contributed by atoms with Crippen molar-refractivity contribution in [2.45, 2.75) is 31.3 Å². The molecule has 1 aromatic rings. The van der Waals surface area contributed by atoms with E-state index in [0.29, 0.717) is 5.69 Å². The lowest BCUT2D eigenvalue weighted by Gasteiger charge is -2.22. The van der Waals surface area contributed by atoms with Crippen LogP contribution < -0.4 is 11.1 Å². The highest BCUT2D eigenvalue weighted by atomic mass is 16.3. The van der Waals surface area contributed by atoms with Gasteiger partial charge in [-0.05, 0) is 25.0 Å². The molecule has 0 bridgehead atoms.